The van der Waals surface area contributed by atoms with Gasteiger partial charge in [0, 0.05) is 18.8 Å². The van der Waals surface area contributed by atoms with Crippen molar-refractivity contribution in [3.63, 3.8) is 0 Å². The zero-order valence-corrected chi connectivity index (χ0v) is 14.5. The van der Waals surface area contributed by atoms with Gasteiger partial charge in [-0.05, 0) is 25.6 Å². The van der Waals surface area contributed by atoms with E-state index in [0.29, 0.717) is 38.1 Å². The summed E-state index contributed by atoms with van der Waals surface area (Å²) in [5.41, 5.74) is 1.22. The summed E-state index contributed by atoms with van der Waals surface area (Å²) in [7, 11) is 1.94. The second-order valence-corrected chi connectivity index (χ2v) is 6.17. The van der Waals surface area contributed by atoms with Crippen molar-refractivity contribution < 1.29 is 14.1 Å². The number of fused-ring (bicyclic) bond motifs is 1. The van der Waals surface area contributed by atoms with Gasteiger partial charge in [-0.3, -0.25) is 9.79 Å². The summed E-state index contributed by atoms with van der Waals surface area (Å²) in [6, 6.07) is 3.57. The first-order valence-electron chi connectivity index (χ1n) is 7.63. The molecule has 1 aromatic rings. The molecule has 0 saturated carbocycles. The van der Waals surface area contributed by atoms with Crippen molar-refractivity contribution in [2.24, 2.45) is 4.99 Å². The van der Waals surface area contributed by atoms with Crippen LogP contribution in [0.25, 0.3) is 0 Å². The normalized spacial score (nSPS) is 17.7. The van der Waals surface area contributed by atoms with Crippen LogP contribution >= 0.6 is 8.81 Å². The van der Waals surface area contributed by atoms with Gasteiger partial charge < -0.3 is 14.2 Å². The maximum atomic E-state index is 12.8. The predicted octanol–water partition coefficient (Wildman–Crippen LogP) is 3.64. The fourth-order valence-corrected chi connectivity index (χ4v) is 2.93. The van der Waals surface area contributed by atoms with Crippen LogP contribution in [0.3, 0.4) is 0 Å². The van der Waals surface area contributed by atoms with Gasteiger partial charge in [-0.25, -0.2) is 0 Å². The number of amides is 1. The largest absolute Gasteiger partial charge is 0.493 e. The van der Waals surface area contributed by atoms with Gasteiger partial charge in [0.05, 0.1) is 33.2 Å². The molecule has 2 atom stereocenters. The first-order valence-corrected chi connectivity index (χ1v) is 8.74. The Morgan fingerprint density at radius 1 is 1.27 bits per heavy atom. The Hall–Kier alpha value is -1.61. The van der Waals surface area contributed by atoms with Gasteiger partial charge >= 0.3 is 0 Å². The number of hydrogen-bond acceptors (Lipinski definition) is 4. The van der Waals surface area contributed by atoms with E-state index in [1.807, 2.05) is 18.0 Å². The molecule has 0 spiro atoms. The first kappa shape index (κ1) is 16.8. The van der Waals surface area contributed by atoms with Crippen molar-refractivity contribution in [1.29, 1.82) is 0 Å². The number of nitrogens with zero attached hydrogens (tertiary/aromatic N) is 2. The van der Waals surface area contributed by atoms with Gasteiger partial charge in [-0.1, -0.05) is 13.8 Å². The molecule has 0 aliphatic carbocycles. The monoisotopic (exact) mass is 322 g/mol. The molecule has 1 heterocycles. The van der Waals surface area contributed by atoms with Crippen molar-refractivity contribution in [1.82, 2.24) is 4.90 Å². The molecule has 2 unspecified atom stereocenters. The van der Waals surface area contributed by atoms with E-state index in [-0.39, 0.29) is 11.9 Å². The van der Waals surface area contributed by atoms with E-state index >= 15 is 0 Å². The van der Waals surface area contributed by atoms with Gasteiger partial charge in [0.2, 0.25) is 0 Å². The summed E-state index contributed by atoms with van der Waals surface area (Å²) in [5.74, 6) is 1.21. The molecular formula is C16H23N2O3P. The molecule has 0 bridgehead atoms. The van der Waals surface area contributed by atoms with Crippen molar-refractivity contribution in [3.05, 3.63) is 17.7 Å². The van der Waals surface area contributed by atoms with Crippen LogP contribution in [0.4, 0.5) is 5.69 Å². The van der Waals surface area contributed by atoms with Gasteiger partial charge in [0.1, 0.15) is 0 Å². The number of aliphatic imine (C=N–C) groups is 1. The molecule has 0 saturated heterocycles. The number of methoxy groups -OCH3 is 1. The van der Waals surface area contributed by atoms with Crippen LogP contribution in [0, 0.1) is 0 Å². The molecule has 0 aromatic heterocycles. The van der Waals surface area contributed by atoms with Crippen molar-refractivity contribution in [2.45, 2.75) is 33.2 Å². The van der Waals surface area contributed by atoms with Crippen molar-refractivity contribution >= 4 is 26.6 Å². The molecule has 0 radical (unpaired) electrons. The SMILES string of the molecule is CCPOc1cc2c(cc1OC)C(=O)N(CC)C(CC)C=N2. The highest BCUT2D eigenvalue weighted by Crippen LogP contribution is 2.39. The van der Waals surface area contributed by atoms with Gasteiger partial charge in [0.25, 0.3) is 5.91 Å². The summed E-state index contributed by atoms with van der Waals surface area (Å²) in [4.78, 5) is 19.1. The summed E-state index contributed by atoms with van der Waals surface area (Å²) in [5, 5.41) is 0. The molecule has 6 heteroatoms. The predicted molar refractivity (Wildman–Crippen MR) is 91.4 cm³/mol. The number of rotatable bonds is 6. The highest BCUT2D eigenvalue weighted by Gasteiger charge is 2.27. The number of carbonyl (C=O) groups excluding carboxylic acids is 1. The third-order valence-electron chi connectivity index (χ3n) is 3.64. The Bertz CT molecular complexity index is 575. The molecule has 1 aromatic carbocycles. The topological polar surface area (TPSA) is 51.1 Å². The van der Waals surface area contributed by atoms with E-state index in [4.69, 9.17) is 9.26 Å². The minimum Gasteiger partial charge on any atom is -0.493 e. The molecule has 120 valence electrons. The Kier molecular flexibility index (Phi) is 5.78. The van der Waals surface area contributed by atoms with Crippen LogP contribution < -0.4 is 9.26 Å². The Morgan fingerprint density at radius 3 is 2.64 bits per heavy atom. The van der Waals surface area contributed by atoms with Crippen LogP contribution in [-0.4, -0.2) is 42.9 Å². The second kappa shape index (κ2) is 7.59. The highest BCUT2D eigenvalue weighted by atomic mass is 31.1. The maximum Gasteiger partial charge on any atom is 0.256 e. The summed E-state index contributed by atoms with van der Waals surface area (Å²) >= 11 is 0. The van der Waals surface area contributed by atoms with E-state index in [1.165, 1.54) is 0 Å². The van der Waals surface area contributed by atoms with Crippen molar-refractivity contribution in [3.8, 4) is 11.5 Å². The summed E-state index contributed by atoms with van der Waals surface area (Å²) < 4.78 is 11.1. The van der Waals surface area contributed by atoms with E-state index in [0.717, 1.165) is 12.6 Å². The molecule has 2 rings (SSSR count). The lowest BCUT2D eigenvalue weighted by atomic mass is 10.1. The molecule has 1 aliphatic rings. The van der Waals surface area contributed by atoms with Gasteiger partial charge in [-0.2, -0.15) is 0 Å². The third-order valence-corrected chi connectivity index (χ3v) is 4.30. The Balaban J connectivity index is 2.48. The minimum absolute atomic E-state index is 0.00959. The maximum absolute atomic E-state index is 12.8. The van der Waals surface area contributed by atoms with Gasteiger partial charge in [0.15, 0.2) is 11.5 Å². The van der Waals surface area contributed by atoms with Gasteiger partial charge in [-0.15, -0.1) is 0 Å². The quantitative estimate of drug-likeness (QED) is 0.751. The fraction of sp³-hybridized carbons (Fsp3) is 0.500. The first-order chi connectivity index (χ1) is 10.7. The van der Waals surface area contributed by atoms with Crippen LogP contribution in [0.15, 0.2) is 17.1 Å². The lowest BCUT2D eigenvalue weighted by Gasteiger charge is -2.26. The number of carbonyl (C=O) groups is 1. The Morgan fingerprint density at radius 2 is 2.05 bits per heavy atom. The number of ether oxygens (including phenoxy) is 1. The van der Waals surface area contributed by atoms with Crippen LogP contribution in [-0.2, 0) is 0 Å². The molecular weight excluding hydrogens is 299 g/mol. The fourth-order valence-electron chi connectivity index (χ4n) is 2.47. The minimum atomic E-state index is -0.00959. The zero-order chi connectivity index (χ0) is 16.1. The lowest BCUT2D eigenvalue weighted by molar-refractivity contribution is 0.0738. The van der Waals surface area contributed by atoms with Crippen LogP contribution in [0.2, 0.25) is 0 Å². The van der Waals surface area contributed by atoms with E-state index in [9.17, 15) is 4.79 Å². The lowest BCUT2D eigenvalue weighted by Crippen LogP contribution is -2.39. The molecule has 0 N–H and O–H groups in total. The highest BCUT2D eigenvalue weighted by molar-refractivity contribution is 7.32. The number of hydrogen-bond donors (Lipinski definition) is 0. The van der Waals surface area contributed by atoms with E-state index in [2.05, 4.69) is 18.8 Å². The average molecular weight is 322 g/mol. The summed E-state index contributed by atoms with van der Waals surface area (Å²) in [6.45, 7) is 6.75. The zero-order valence-electron chi connectivity index (χ0n) is 13.5. The Labute approximate surface area is 133 Å². The molecule has 22 heavy (non-hydrogen) atoms. The van der Waals surface area contributed by atoms with E-state index in [1.54, 1.807) is 19.2 Å². The molecule has 1 aliphatic heterocycles. The number of benzene rings is 1. The average Bonchev–Trinajstić information content (AvgIpc) is 2.68. The smallest absolute Gasteiger partial charge is 0.256 e. The van der Waals surface area contributed by atoms with E-state index < -0.39 is 0 Å². The molecule has 0 fully saturated rings. The van der Waals surface area contributed by atoms with Crippen LogP contribution in [0.5, 0.6) is 11.5 Å². The molecule has 5 nitrogen and oxygen atoms in total. The second-order valence-electron chi connectivity index (χ2n) is 4.97. The third kappa shape index (κ3) is 3.25. The van der Waals surface area contributed by atoms with Crippen molar-refractivity contribution in [2.75, 3.05) is 19.8 Å². The molecule has 1 amide bonds. The standard InChI is InChI=1S/C16H23N2O3P/c1-5-11-10-17-13-9-15(21-22-7-3)14(20-4)8-12(13)16(19)18(11)6-2/h8-11,22H,5-7H2,1-4H3. The van der Waals surface area contributed by atoms with Crippen LogP contribution in [0.1, 0.15) is 37.6 Å². The summed E-state index contributed by atoms with van der Waals surface area (Å²) in [6.07, 6.45) is 3.63.